The molecule has 29 heavy (non-hydrogen) atoms. The van der Waals surface area contributed by atoms with E-state index >= 15 is 0 Å². The van der Waals surface area contributed by atoms with E-state index in [1.165, 1.54) is 7.11 Å². The Hall–Kier alpha value is -1.23. The van der Waals surface area contributed by atoms with Gasteiger partial charge in [0.05, 0.1) is 23.5 Å². The normalized spacial score (nSPS) is 34.4. The lowest BCUT2D eigenvalue weighted by atomic mass is 9.74. The zero-order valence-corrected chi connectivity index (χ0v) is 20.5. The molecule has 0 spiro atoms. The van der Waals surface area contributed by atoms with E-state index in [1.54, 1.807) is 14.0 Å². The summed E-state index contributed by atoms with van der Waals surface area (Å²) in [5.41, 5.74) is -0.792. The number of carbonyl (C=O) groups is 4. The van der Waals surface area contributed by atoms with Crippen LogP contribution in [0.1, 0.15) is 60.3 Å². The van der Waals surface area contributed by atoms with Crippen LogP contribution in [0, 0.1) is 11.3 Å². The van der Waals surface area contributed by atoms with E-state index < -0.39 is 36.9 Å². The molecular weight excluding hydrogens is 416 g/mol. The van der Waals surface area contributed by atoms with Crippen LogP contribution in [0.25, 0.3) is 0 Å². The van der Waals surface area contributed by atoms with Crippen molar-refractivity contribution in [2.24, 2.45) is 11.3 Å². The Morgan fingerprint density at radius 2 is 1.55 bits per heavy atom. The molecule has 0 bridgehead atoms. The van der Waals surface area contributed by atoms with E-state index in [9.17, 15) is 19.2 Å². The van der Waals surface area contributed by atoms with Gasteiger partial charge in [-0.1, -0.05) is 27.7 Å². The van der Waals surface area contributed by atoms with Gasteiger partial charge in [0.15, 0.2) is 14.5 Å². The molecular formula is C19H32O8SSi. The zero-order valence-electron chi connectivity index (χ0n) is 18.3. The summed E-state index contributed by atoms with van der Waals surface area (Å²) in [6.07, 6.45) is 2.35. The van der Waals surface area contributed by atoms with Gasteiger partial charge in [-0.2, -0.15) is 0 Å². The molecule has 0 amide bonds. The van der Waals surface area contributed by atoms with Gasteiger partial charge in [0.25, 0.3) is 0 Å². The lowest BCUT2D eigenvalue weighted by Crippen LogP contribution is -2.45. The van der Waals surface area contributed by atoms with Crippen LogP contribution in [-0.2, 0) is 37.3 Å². The van der Waals surface area contributed by atoms with Gasteiger partial charge in [0.1, 0.15) is 0 Å². The Kier molecular flexibility index (Phi) is 9.06. The van der Waals surface area contributed by atoms with Crippen LogP contribution in [0.2, 0.25) is 5.04 Å². The van der Waals surface area contributed by atoms with E-state index in [0.717, 1.165) is 12.0 Å². The average Bonchev–Trinajstić information content (AvgIpc) is 3.05. The number of rotatable bonds is 8. The Balaban J connectivity index is 0.000000291. The van der Waals surface area contributed by atoms with Crippen molar-refractivity contribution in [3.63, 3.8) is 0 Å². The first-order chi connectivity index (χ1) is 13.6. The minimum Gasteiger partial charge on any atom is -0.426 e. The smallest absolute Gasteiger partial charge is 0.333 e. The maximum absolute atomic E-state index is 11.8. The van der Waals surface area contributed by atoms with Gasteiger partial charge in [-0.3, -0.25) is 14.4 Å². The van der Waals surface area contributed by atoms with E-state index in [4.69, 9.17) is 18.1 Å². The first-order valence-corrected chi connectivity index (χ1v) is 11.9. The fourth-order valence-corrected chi connectivity index (χ4v) is 6.55. The highest BCUT2D eigenvalue weighted by Crippen LogP contribution is 2.53. The second-order valence-electron chi connectivity index (χ2n) is 7.41. The van der Waals surface area contributed by atoms with Crippen molar-refractivity contribution in [2.75, 3.05) is 14.2 Å². The quantitative estimate of drug-likeness (QED) is 0.239. The van der Waals surface area contributed by atoms with Crippen molar-refractivity contribution in [1.29, 1.82) is 0 Å². The van der Waals surface area contributed by atoms with Gasteiger partial charge in [-0.05, 0) is 32.6 Å². The minimum atomic E-state index is -1.04. The van der Waals surface area contributed by atoms with Gasteiger partial charge >= 0.3 is 23.9 Å². The summed E-state index contributed by atoms with van der Waals surface area (Å²) in [6.45, 7) is 9.31. The molecule has 2 heterocycles. The van der Waals surface area contributed by atoms with Crippen molar-refractivity contribution in [3.8, 4) is 0 Å². The predicted molar refractivity (Wildman–Crippen MR) is 111 cm³/mol. The van der Waals surface area contributed by atoms with Gasteiger partial charge < -0.3 is 18.1 Å². The third-order valence-corrected chi connectivity index (χ3v) is 9.72. The van der Waals surface area contributed by atoms with Crippen molar-refractivity contribution in [3.05, 3.63) is 0 Å². The maximum Gasteiger partial charge on any atom is 0.333 e. The molecule has 0 aromatic heterocycles. The highest BCUT2D eigenvalue weighted by Gasteiger charge is 2.65. The molecule has 2 rings (SSSR count). The van der Waals surface area contributed by atoms with Crippen LogP contribution in [0.15, 0.2) is 0 Å². The molecule has 0 aromatic carbocycles. The molecule has 0 aromatic rings. The van der Waals surface area contributed by atoms with Crippen LogP contribution in [0.4, 0.5) is 0 Å². The summed E-state index contributed by atoms with van der Waals surface area (Å²) >= 11 is 1.03. The molecule has 2 fully saturated rings. The van der Waals surface area contributed by atoms with Gasteiger partial charge in [-0.15, -0.1) is 0 Å². The Bertz CT molecular complexity index is 656. The van der Waals surface area contributed by atoms with E-state index in [0.29, 0.717) is 25.7 Å². The second-order valence-corrected chi connectivity index (χ2v) is 10.7. The fourth-order valence-electron chi connectivity index (χ4n) is 4.06. The number of hydrogen-bond acceptors (Lipinski definition) is 9. The third-order valence-electron chi connectivity index (χ3n) is 6.28. The van der Waals surface area contributed by atoms with Gasteiger partial charge in [-0.25, -0.2) is 4.79 Å². The highest BCUT2D eigenvalue weighted by atomic mass is 32.2. The average molecular weight is 449 g/mol. The van der Waals surface area contributed by atoms with Crippen LogP contribution < -0.4 is 0 Å². The molecule has 4 unspecified atom stereocenters. The van der Waals surface area contributed by atoms with Crippen LogP contribution in [0.3, 0.4) is 0 Å². The number of cyclic esters (lactones) is 4. The molecule has 2 saturated heterocycles. The van der Waals surface area contributed by atoms with Crippen molar-refractivity contribution in [1.82, 2.24) is 0 Å². The van der Waals surface area contributed by atoms with Crippen molar-refractivity contribution in [2.45, 2.75) is 70.1 Å². The Morgan fingerprint density at radius 3 is 1.97 bits per heavy atom. The molecule has 10 heteroatoms. The molecule has 4 atom stereocenters. The summed E-state index contributed by atoms with van der Waals surface area (Å²) in [5, 5.41) is -0.611. The van der Waals surface area contributed by atoms with E-state index in [2.05, 4.69) is 0 Å². The largest absolute Gasteiger partial charge is 0.426 e. The number of hydrogen-bond donors (Lipinski definition) is 0. The summed E-state index contributed by atoms with van der Waals surface area (Å²) in [7, 11) is 2.04. The standard InChI is InChI=1S/C10H16O4S.C9H16O4Si/c1-5-9(3)7(11)14-8(12)10(9,6-2)15-13-4;1-4-6-7(10)13-8(11)9(6,5-2)14-12-3/h5-6H2,1-4H3;6H,4-5,14H2,1-3H3. The summed E-state index contributed by atoms with van der Waals surface area (Å²) < 4.78 is 18.7. The van der Waals surface area contributed by atoms with Crippen LogP contribution >= 0.6 is 12.0 Å². The maximum atomic E-state index is 11.8. The monoisotopic (exact) mass is 448 g/mol. The molecule has 0 radical (unpaired) electrons. The first-order valence-electron chi connectivity index (χ1n) is 9.84. The third kappa shape index (κ3) is 4.17. The molecule has 2 aliphatic rings. The molecule has 0 saturated carbocycles. The second kappa shape index (κ2) is 10.2. The van der Waals surface area contributed by atoms with Crippen molar-refractivity contribution >= 4 is 45.7 Å². The molecule has 2 aliphatic heterocycles. The van der Waals surface area contributed by atoms with Crippen molar-refractivity contribution < 1.29 is 37.3 Å². The molecule has 166 valence electrons. The topological polar surface area (TPSA) is 105 Å². The molecule has 0 aliphatic carbocycles. The summed E-state index contributed by atoms with van der Waals surface area (Å²) in [4.78, 5) is 46.4. The van der Waals surface area contributed by atoms with E-state index in [-0.39, 0.29) is 17.9 Å². The SMILES string of the molecule is CCC1(C)C(=O)OC(=O)C1(CC)SOC.CCC1C(=O)OC(=O)C1(CC)[SiH2]OC. The van der Waals surface area contributed by atoms with Gasteiger partial charge in [0, 0.05) is 19.2 Å². The number of ether oxygens (including phenoxy) is 2. The number of esters is 4. The number of carbonyl (C=O) groups excluding carboxylic acids is 4. The molecule has 0 N–H and O–H groups in total. The molecule has 8 nitrogen and oxygen atoms in total. The predicted octanol–water partition coefficient (Wildman–Crippen LogP) is 2.32. The zero-order chi connectivity index (χ0) is 22.5. The fraction of sp³-hybridized carbons (Fsp3) is 0.789. The van der Waals surface area contributed by atoms with Crippen LogP contribution in [-0.4, -0.2) is 52.6 Å². The van der Waals surface area contributed by atoms with E-state index in [1.807, 2.05) is 27.7 Å². The van der Waals surface area contributed by atoms with Crippen LogP contribution in [0.5, 0.6) is 0 Å². The summed E-state index contributed by atoms with van der Waals surface area (Å²) in [5.74, 6) is -1.95. The highest BCUT2D eigenvalue weighted by molar-refractivity contribution is 7.97. The van der Waals surface area contributed by atoms with Gasteiger partial charge in [0.2, 0.25) is 0 Å². The minimum absolute atomic E-state index is 0.286. The Labute approximate surface area is 178 Å². The first kappa shape index (κ1) is 25.8. The lowest BCUT2D eigenvalue weighted by Gasteiger charge is -2.33. The lowest BCUT2D eigenvalue weighted by molar-refractivity contribution is -0.156. The summed E-state index contributed by atoms with van der Waals surface area (Å²) in [6, 6.07) is 0. The Morgan fingerprint density at radius 1 is 0.931 bits per heavy atom.